The molecule has 0 aliphatic carbocycles. The fourth-order valence-electron chi connectivity index (χ4n) is 0. The molecule has 9 heteroatoms. The summed E-state index contributed by atoms with van der Waals surface area (Å²) in [6.07, 6.45) is 0. The van der Waals surface area contributed by atoms with Crippen LogP contribution in [0.15, 0.2) is 0 Å². The summed E-state index contributed by atoms with van der Waals surface area (Å²) in [5, 5.41) is 34.5. The van der Waals surface area contributed by atoms with E-state index in [0.29, 0.717) is 0 Å². The largest absolute Gasteiger partial charge is 0.185 e. The fourth-order valence-corrected chi connectivity index (χ4v) is 0. The number of hydrogen-bond donors (Lipinski definition) is 4. The zero-order chi connectivity index (χ0) is 10.8. The molecule has 0 atom stereocenters. The Hall–Kier alpha value is -0.134. The molecule has 0 aromatic carbocycles. The standard InChI is InChI=1S/4CHNS.Co/c4*2-1-3;/h4*3H;. The second-order valence-electron chi connectivity index (χ2n) is 0.400. The van der Waals surface area contributed by atoms with E-state index in [1.165, 1.54) is 21.6 Å². The van der Waals surface area contributed by atoms with Crippen LogP contribution >= 0.6 is 50.5 Å². The molecule has 0 amide bonds. The Labute approximate surface area is 109 Å². The molecule has 0 spiro atoms. The Kier molecular flexibility index (Phi) is 211. The van der Waals surface area contributed by atoms with Gasteiger partial charge in [0.25, 0.3) is 0 Å². The van der Waals surface area contributed by atoms with E-state index in [2.05, 4.69) is 50.5 Å². The molecule has 0 saturated carbocycles. The van der Waals surface area contributed by atoms with Crippen molar-refractivity contribution < 1.29 is 16.8 Å². The van der Waals surface area contributed by atoms with Gasteiger partial charge in [-0.3, -0.25) is 0 Å². The van der Waals surface area contributed by atoms with Crippen LogP contribution < -0.4 is 0 Å². The van der Waals surface area contributed by atoms with E-state index in [4.69, 9.17) is 21.0 Å². The van der Waals surface area contributed by atoms with Crippen LogP contribution in [0.4, 0.5) is 0 Å². The number of thiol groups is 4. The van der Waals surface area contributed by atoms with Crippen LogP contribution in [0.1, 0.15) is 0 Å². The summed E-state index contributed by atoms with van der Waals surface area (Å²) < 4.78 is 0. The van der Waals surface area contributed by atoms with E-state index in [9.17, 15) is 0 Å². The van der Waals surface area contributed by atoms with Gasteiger partial charge >= 0.3 is 0 Å². The smallest absolute Gasteiger partial charge is 0.130 e. The first-order chi connectivity index (χ1) is 5.66. The molecule has 0 heterocycles. The van der Waals surface area contributed by atoms with Crippen molar-refractivity contribution in [3.8, 4) is 21.6 Å². The molecule has 0 N–H and O–H groups in total. The predicted octanol–water partition coefficient (Wildman–Crippen LogP) is 1.59. The molecule has 4 nitrogen and oxygen atoms in total. The van der Waals surface area contributed by atoms with Crippen molar-refractivity contribution in [2.45, 2.75) is 0 Å². The van der Waals surface area contributed by atoms with Crippen LogP contribution in [0.25, 0.3) is 0 Å². The third kappa shape index (κ3) is 64800. The van der Waals surface area contributed by atoms with Crippen molar-refractivity contribution in [1.82, 2.24) is 0 Å². The maximum absolute atomic E-state index is 7.18. The SMILES string of the molecule is N#CS.N#CS.N#CS.N#CS.[Co]. The van der Waals surface area contributed by atoms with Crippen molar-refractivity contribution >= 4 is 50.5 Å². The van der Waals surface area contributed by atoms with Crippen LogP contribution in [-0.4, -0.2) is 0 Å². The predicted molar refractivity (Wildman–Crippen MR) is 58.4 cm³/mol. The maximum atomic E-state index is 7.18. The molecule has 0 fully saturated rings. The topological polar surface area (TPSA) is 95.2 Å². The molecule has 1 radical (unpaired) electrons. The summed E-state index contributed by atoms with van der Waals surface area (Å²) in [5.74, 6) is 0. The normalized spacial score (nSPS) is 2.46. The molecule has 0 aromatic rings. The molecule has 0 unspecified atom stereocenters. The van der Waals surface area contributed by atoms with Gasteiger partial charge in [-0.05, 0) is 0 Å². The molecule has 0 rings (SSSR count). The van der Waals surface area contributed by atoms with Gasteiger partial charge in [0.05, 0.1) is 0 Å². The Balaban J connectivity index is -0.0000000213. The van der Waals surface area contributed by atoms with Gasteiger partial charge in [-0.1, -0.05) is 50.5 Å². The Morgan fingerprint density at radius 1 is 0.538 bits per heavy atom. The molecular weight excluding hydrogens is 291 g/mol. The van der Waals surface area contributed by atoms with Crippen molar-refractivity contribution in [3.63, 3.8) is 0 Å². The third-order valence-corrected chi connectivity index (χ3v) is 0. The summed E-state index contributed by atoms with van der Waals surface area (Å²) >= 11 is 12.4. The molecule has 0 aliphatic rings. The van der Waals surface area contributed by atoms with Crippen LogP contribution in [0.3, 0.4) is 0 Å². The minimum absolute atomic E-state index is 0. The Bertz CT molecular complexity index is 158. The molecule has 73 valence electrons. The van der Waals surface area contributed by atoms with Crippen LogP contribution in [-0.2, 0) is 16.8 Å². The summed E-state index contributed by atoms with van der Waals surface area (Å²) in [6, 6.07) is 0. The van der Waals surface area contributed by atoms with Crippen LogP contribution in [0, 0.1) is 42.7 Å². The second-order valence-corrected chi connectivity index (χ2v) is 1.20. The van der Waals surface area contributed by atoms with Crippen molar-refractivity contribution in [1.29, 1.82) is 21.0 Å². The Morgan fingerprint density at radius 3 is 0.538 bits per heavy atom. The monoisotopic (exact) mass is 295 g/mol. The summed E-state index contributed by atoms with van der Waals surface area (Å²) in [5.41, 5.74) is 0. The summed E-state index contributed by atoms with van der Waals surface area (Å²) in [4.78, 5) is 0. The van der Waals surface area contributed by atoms with E-state index in [-0.39, 0.29) is 16.8 Å². The van der Waals surface area contributed by atoms with Gasteiger partial charge in [0.2, 0.25) is 0 Å². The molecule has 0 aliphatic heterocycles. The van der Waals surface area contributed by atoms with Gasteiger partial charge in [0.1, 0.15) is 21.6 Å². The Morgan fingerprint density at radius 2 is 0.538 bits per heavy atom. The van der Waals surface area contributed by atoms with Gasteiger partial charge in [0.15, 0.2) is 0 Å². The first-order valence-electron chi connectivity index (χ1n) is 1.79. The maximum Gasteiger partial charge on any atom is 0.130 e. The van der Waals surface area contributed by atoms with Crippen molar-refractivity contribution in [3.05, 3.63) is 0 Å². The van der Waals surface area contributed by atoms with Crippen molar-refractivity contribution in [2.75, 3.05) is 0 Å². The van der Waals surface area contributed by atoms with E-state index in [0.717, 1.165) is 0 Å². The van der Waals surface area contributed by atoms with E-state index >= 15 is 0 Å². The van der Waals surface area contributed by atoms with Crippen LogP contribution in [0.2, 0.25) is 0 Å². The average molecular weight is 295 g/mol. The number of nitrogens with zero attached hydrogens (tertiary/aromatic N) is 4. The second kappa shape index (κ2) is 93.7. The van der Waals surface area contributed by atoms with E-state index < -0.39 is 0 Å². The summed E-state index contributed by atoms with van der Waals surface area (Å²) in [6.45, 7) is 0. The van der Waals surface area contributed by atoms with Gasteiger partial charge in [-0.15, -0.1) is 0 Å². The zero-order valence-electron chi connectivity index (χ0n) is 5.91. The van der Waals surface area contributed by atoms with Gasteiger partial charge < -0.3 is 0 Å². The van der Waals surface area contributed by atoms with Crippen LogP contribution in [0.5, 0.6) is 0 Å². The van der Waals surface area contributed by atoms with Gasteiger partial charge in [0, 0.05) is 16.8 Å². The number of nitriles is 4. The number of thiocyanates is 4. The number of hydrogen-bond acceptors (Lipinski definition) is 8. The zero-order valence-corrected chi connectivity index (χ0v) is 10.5. The first kappa shape index (κ1) is 29.3. The molecule has 0 bridgehead atoms. The fraction of sp³-hybridized carbons (Fsp3) is 0. The first-order valence-corrected chi connectivity index (χ1v) is 3.58. The minimum Gasteiger partial charge on any atom is -0.185 e. The molecule has 0 saturated heterocycles. The number of rotatable bonds is 0. The van der Waals surface area contributed by atoms with Gasteiger partial charge in [-0.25, -0.2) is 0 Å². The molecule has 0 aromatic heterocycles. The van der Waals surface area contributed by atoms with E-state index in [1.807, 2.05) is 0 Å². The van der Waals surface area contributed by atoms with E-state index in [1.54, 1.807) is 0 Å². The minimum atomic E-state index is 0. The quantitative estimate of drug-likeness (QED) is 0.403. The summed E-state index contributed by atoms with van der Waals surface area (Å²) in [7, 11) is 0. The molecular formula is C4H4CoN4S4. The molecule has 13 heavy (non-hydrogen) atoms. The van der Waals surface area contributed by atoms with Gasteiger partial charge in [-0.2, -0.15) is 21.0 Å². The van der Waals surface area contributed by atoms with Crippen molar-refractivity contribution in [2.24, 2.45) is 0 Å². The average Bonchev–Trinajstić information content (AvgIpc) is 1.92. The third-order valence-electron chi connectivity index (χ3n) is 0.